The summed E-state index contributed by atoms with van der Waals surface area (Å²) in [4.78, 5) is 13.9. The van der Waals surface area contributed by atoms with Crippen LogP contribution < -0.4 is 0 Å². The summed E-state index contributed by atoms with van der Waals surface area (Å²) in [6.45, 7) is 1.56. The maximum atomic E-state index is 12.1. The number of carbonyl (C=O) groups excluding carboxylic acids is 1. The van der Waals surface area contributed by atoms with Crippen LogP contribution in [0.25, 0.3) is 0 Å². The van der Waals surface area contributed by atoms with E-state index in [1.54, 1.807) is 17.0 Å². The number of hydrogen-bond acceptors (Lipinski definition) is 2. The zero-order chi connectivity index (χ0) is 11.7. The van der Waals surface area contributed by atoms with Gasteiger partial charge in [-0.15, -0.1) is 0 Å². The third-order valence-corrected chi connectivity index (χ3v) is 3.71. The molecule has 0 spiro atoms. The van der Waals surface area contributed by atoms with E-state index in [-0.39, 0.29) is 11.7 Å². The summed E-state index contributed by atoms with van der Waals surface area (Å²) in [5.74, 6) is -0.0860. The van der Waals surface area contributed by atoms with Crippen LogP contribution in [0.2, 0.25) is 0 Å². The lowest BCUT2D eigenvalue weighted by Gasteiger charge is -2.16. The van der Waals surface area contributed by atoms with Crippen molar-refractivity contribution in [3.05, 3.63) is 26.6 Å². The molecule has 1 aliphatic heterocycles. The van der Waals surface area contributed by atoms with Crippen molar-refractivity contribution in [2.24, 2.45) is 0 Å². The quantitative estimate of drug-likeness (QED) is 0.846. The van der Waals surface area contributed by atoms with Gasteiger partial charge in [0, 0.05) is 17.6 Å². The molecule has 1 heterocycles. The number of nitrogens with zero attached hydrogens (tertiary/aromatic N) is 1. The second-order valence-corrected chi connectivity index (χ2v) is 5.55. The van der Waals surface area contributed by atoms with Gasteiger partial charge in [0.05, 0.1) is 10.0 Å². The third-order valence-electron chi connectivity index (χ3n) is 2.65. The molecule has 0 saturated carbocycles. The number of hydrogen-bond donors (Lipinski definition) is 1. The molecular formula is C11H11Br2NO2. The predicted molar refractivity (Wildman–Crippen MR) is 68.6 cm³/mol. The summed E-state index contributed by atoms with van der Waals surface area (Å²) in [5, 5.41) is 9.84. The molecule has 86 valence electrons. The molecule has 5 heteroatoms. The molecule has 0 aromatic heterocycles. The number of aromatic hydroxyl groups is 1. The van der Waals surface area contributed by atoms with Gasteiger partial charge in [-0.2, -0.15) is 0 Å². The van der Waals surface area contributed by atoms with E-state index in [0.29, 0.717) is 10.0 Å². The average molecular weight is 349 g/mol. The second-order valence-electron chi connectivity index (χ2n) is 3.78. The lowest BCUT2D eigenvalue weighted by molar-refractivity contribution is 0.0789. The highest BCUT2D eigenvalue weighted by atomic mass is 79.9. The van der Waals surface area contributed by atoms with Gasteiger partial charge in [-0.05, 0) is 40.9 Å². The minimum Gasteiger partial charge on any atom is -0.506 e. The van der Waals surface area contributed by atoms with Gasteiger partial charge in [-0.3, -0.25) is 4.79 Å². The second kappa shape index (κ2) is 4.75. The Balaban J connectivity index is 2.35. The molecule has 3 nitrogen and oxygen atoms in total. The van der Waals surface area contributed by atoms with E-state index < -0.39 is 0 Å². The molecule has 0 aliphatic carbocycles. The van der Waals surface area contributed by atoms with Crippen LogP contribution >= 0.6 is 31.9 Å². The third kappa shape index (κ3) is 2.25. The van der Waals surface area contributed by atoms with Crippen LogP contribution in [0.4, 0.5) is 0 Å². The fraction of sp³-hybridized carbons (Fsp3) is 0.364. The van der Waals surface area contributed by atoms with Crippen LogP contribution in [-0.2, 0) is 0 Å². The van der Waals surface area contributed by atoms with E-state index in [9.17, 15) is 9.90 Å². The molecule has 1 aromatic carbocycles. The van der Waals surface area contributed by atoms with Crippen LogP contribution in [0, 0.1) is 0 Å². The average Bonchev–Trinajstić information content (AvgIpc) is 2.75. The maximum Gasteiger partial charge on any atom is 0.257 e. The lowest BCUT2D eigenvalue weighted by Crippen LogP contribution is -2.27. The predicted octanol–water partition coefficient (Wildman–Crippen LogP) is 3.15. The molecule has 2 rings (SSSR count). The number of phenolic OH excluding ortho intramolecular Hbond substituents is 1. The summed E-state index contributed by atoms with van der Waals surface area (Å²) >= 11 is 6.54. The van der Waals surface area contributed by atoms with E-state index >= 15 is 0 Å². The van der Waals surface area contributed by atoms with Gasteiger partial charge in [-0.1, -0.05) is 15.9 Å². The Kier molecular flexibility index (Phi) is 3.54. The van der Waals surface area contributed by atoms with Crippen LogP contribution in [0.3, 0.4) is 0 Å². The van der Waals surface area contributed by atoms with Crippen molar-refractivity contribution in [1.82, 2.24) is 4.90 Å². The van der Waals surface area contributed by atoms with Crippen molar-refractivity contribution in [2.75, 3.05) is 13.1 Å². The Morgan fingerprint density at radius 2 is 1.88 bits per heavy atom. The number of phenols is 1. The van der Waals surface area contributed by atoms with Crippen LogP contribution in [0.15, 0.2) is 21.1 Å². The number of benzene rings is 1. The fourth-order valence-electron chi connectivity index (χ4n) is 1.82. The number of amides is 1. The first-order chi connectivity index (χ1) is 7.59. The topological polar surface area (TPSA) is 40.5 Å². The van der Waals surface area contributed by atoms with Gasteiger partial charge in [0.15, 0.2) is 0 Å². The molecular weight excluding hydrogens is 338 g/mol. The molecule has 1 amide bonds. The highest BCUT2D eigenvalue weighted by Gasteiger charge is 2.23. The molecule has 1 N–H and O–H groups in total. The fourth-order valence-corrected chi connectivity index (χ4v) is 3.04. The van der Waals surface area contributed by atoms with E-state index in [0.717, 1.165) is 30.4 Å². The number of carbonyl (C=O) groups is 1. The number of rotatable bonds is 1. The van der Waals surface area contributed by atoms with Crippen molar-refractivity contribution >= 4 is 37.8 Å². The first-order valence-electron chi connectivity index (χ1n) is 5.07. The monoisotopic (exact) mass is 347 g/mol. The van der Waals surface area contributed by atoms with Gasteiger partial charge in [0.1, 0.15) is 5.75 Å². The highest BCUT2D eigenvalue weighted by Crippen LogP contribution is 2.32. The van der Waals surface area contributed by atoms with Gasteiger partial charge in [0.25, 0.3) is 5.91 Å². The molecule has 1 saturated heterocycles. The molecule has 16 heavy (non-hydrogen) atoms. The van der Waals surface area contributed by atoms with Crippen molar-refractivity contribution in [1.29, 1.82) is 0 Å². The Hall–Kier alpha value is -0.550. The van der Waals surface area contributed by atoms with Gasteiger partial charge < -0.3 is 10.0 Å². The van der Waals surface area contributed by atoms with Gasteiger partial charge in [0.2, 0.25) is 0 Å². The largest absolute Gasteiger partial charge is 0.506 e. The van der Waals surface area contributed by atoms with E-state index in [1.165, 1.54) is 0 Å². The van der Waals surface area contributed by atoms with Crippen molar-refractivity contribution in [3.8, 4) is 5.75 Å². The molecule has 1 fully saturated rings. The van der Waals surface area contributed by atoms with Crippen LogP contribution in [0.5, 0.6) is 5.75 Å². The SMILES string of the molecule is O=C(c1cc(Br)cc(Br)c1O)N1CCCC1. The zero-order valence-electron chi connectivity index (χ0n) is 8.54. The molecule has 0 unspecified atom stereocenters. The smallest absolute Gasteiger partial charge is 0.257 e. The van der Waals surface area contributed by atoms with Crippen molar-refractivity contribution in [2.45, 2.75) is 12.8 Å². The first kappa shape index (κ1) is 11.9. The van der Waals surface area contributed by atoms with Gasteiger partial charge in [-0.25, -0.2) is 0 Å². The molecule has 0 bridgehead atoms. The van der Waals surface area contributed by atoms with Crippen LogP contribution in [-0.4, -0.2) is 29.0 Å². The Labute approximate surface area is 111 Å². The summed E-state index contributed by atoms with van der Waals surface area (Å²) in [7, 11) is 0. The number of halogens is 2. The number of likely N-dealkylation sites (tertiary alicyclic amines) is 1. The van der Waals surface area contributed by atoms with Crippen molar-refractivity contribution in [3.63, 3.8) is 0 Å². The summed E-state index contributed by atoms with van der Waals surface area (Å²) in [6.07, 6.45) is 2.09. The first-order valence-corrected chi connectivity index (χ1v) is 6.65. The Morgan fingerprint density at radius 1 is 1.25 bits per heavy atom. The molecule has 1 aromatic rings. The molecule has 0 atom stereocenters. The summed E-state index contributed by atoms with van der Waals surface area (Å²) < 4.78 is 1.31. The minimum absolute atomic E-state index is 0.0140. The zero-order valence-corrected chi connectivity index (χ0v) is 11.7. The Morgan fingerprint density at radius 3 is 2.50 bits per heavy atom. The van der Waals surface area contributed by atoms with Crippen molar-refractivity contribution < 1.29 is 9.90 Å². The molecule has 0 radical (unpaired) electrons. The summed E-state index contributed by atoms with van der Waals surface area (Å²) in [5.41, 5.74) is 0.350. The van der Waals surface area contributed by atoms with E-state index in [2.05, 4.69) is 31.9 Å². The van der Waals surface area contributed by atoms with Gasteiger partial charge >= 0.3 is 0 Å². The Bertz CT molecular complexity index is 428. The summed E-state index contributed by atoms with van der Waals surface area (Å²) in [6, 6.07) is 3.37. The highest BCUT2D eigenvalue weighted by molar-refractivity contribution is 9.11. The maximum absolute atomic E-state index is 12.1. The van der Waals surface area contributed by atoms with Crippen LogP contribution in [0.1, 0.15) is 23.2 Å². The standard InChI is InChI=1S/C11H11Br2NO2/c12-7-5-8(10(15)9(13)6-7)11(16)14-3-1-2-4-14/h5-6,15H,1-4H2. The van der Waals surface area contributed by atoms with E-state index in [4.69, 9.17) is 0 Å². The molecule has 1 aliphatic rings. The minimum atomic E-state index is -0.1000. The normalized spacial score (nSPS) is 15.5. The van der Waals surface area contributed by atoms with E-state index in [1.807, 2.05) is 0 Å². The lowest BCUT2D eigenvalue weighted by atomic mass is 10.2.